The lowest BCUT2D eigenvalue weighted by atomic mass is 10.1. The summed E-state index contributed by atoms with van der Waals surface area (Å²) < 4.78 is 5.06. The van der Waals surface area contributed by atoms with Gasteiger partial charge in [-0.05, 0) is 37.5 Å². The van der Waals surface area contributed by atoms with Crippen LogP contribution in [0.3, 0.4) is 0 Å². The molecule has 1 amide bonds. The van der Waals surface area contributed by atoms with Crippen LogP contribution in [-0.2, 0) is 16.0 Å². The lowest BCUT2D eigenvalue weighted by molar-refractivity contribution is -0.156. The number of hydrogen-bond acceptors (Lipinski definition) is 4. The molecule has 1 aromatic carbocycles. The largest absolute Gasteiger partial charge is 0.497 e. The number of aliphatic carboxylic acids is 1. The van der Waals surface area contributed by atoms with Crippen LogP contribution in [0.1, 0.15) is 25.3 Å². The minimum absolute atomic E-state index is 0.273. The van der Waals surface area contributed by atoms with Crippen LogP contribution in [0.15, 0.2) is 24.3 Å². The molecule has 0 aromatic heterocycles. The molecule has 1 rings (SSSR count). The summed E-state index contributed by atoms with van der Waals surface area (Å²) in [5, 5.41) is 20.6. The molecular formula is C15H21NO5. The number of aliphatic hydroxyl groups is 1. The van der Waals surface area contributed by atoms with E-state index in [0.29, 0.717) is 6.42 Å². The van der Waals surface area contributed by atoms with E-state index >= 15 is 0 Å². The number of benzene rings is 1. The van der Waals surface area contributed by atoms with E-state index in [-0.39, 0.29) is 18.9 Å². The summed E-state index contributed by atoms with van der Waals surface area (Å²) in [4.78, 5) is 22.2. The number of carboxylic acid groups (broad SMARTS) is 1. The first-order valence-corrected chi connectivity index (χ1v) is 6.70. The third kappa shape index (κ3) is 5.83. The van der Waals surface area contributed by atoms with Crippen molar-refractivity contribution in [2.24, 2.45) is 0 Å². The Hall–Kier alpha value is -2.08. The average Bonchev–Trinajstić information content (AvgIpc) is 2.46. The first-order valence-electron chi connectivity index (χ1n) is 6.70. The van der Waals surface area contributed by atoms with Gasteiger partial charge in [-0.2, -0.15) is 0 Å². The fraction of sp³-hybridized carbons (Fsp3) is 0.467. The van der Waals surface area contributed by atoms with Gasteiger partial charge in [0.05, 0.1) is 13.7 Å². The predicted molar refractivity (Wildman–Crippen MR) is 77.2 cm³/mol. The highest BCUT2D eigenvalue weighted by atomic mass is 16.5. The van der Waals surface area contributed by atoms with E-state index < -0.39 is 11.6 Å². The standard InChI is InChI=1S/C15H21NO5/c1-15(20,14(18)19)10-16-13(17)5-3-4-11-6-8-12(21-2)9-7-11/h6-9,20H,3-5,10H2,1-2H3,(H,16,17)(H,18,19). The summed E-state index contributed by atoms with van der Waals surface area (Å²) in [6.45, 7) is 0.844. The van der Waals surface area contributed by atoms with Crippen LogP contribution < -0.4 is 10.1 Å². The molecule has 3 N–H and O–H groups in total. The number of aryl methyl sites for hydroxylation is 1. The number of nitrogens with one attached hydrogen (secondary N) is 1. The highest BCUT2D eigenvalue weighted by molar-refractivity contribution is 5.80. The van der Waals surface area contributed by atoms with E-state index in [1.54, 1.807) is 7.11 Å². The summed E-state index contributed by atoms with van der Waals surface area (Å²) in [6.07, 6.45) is 1.67. The van der Waals surface area contributed by atoms with Gasteiger partial charge in [0.25, 0.3) is 0 Å². The molecule has 1 aromatic rings. The van der Waals surface area contributed by atoms with E-state index in [4.69, 9.17) is 9.84 Å². The predicted octanol–water partition coefficient (Wildman–Crippen LogP) is 0.970. The van der Waals surface area contributed by atoms with Crippen molar-refractivity contribution in [3.63, 3.8) is 0 Å². The Kier molecular flexibility index (Phi) is 6.17. The van der Waals surface area contributed by atoms with Gasteiger partial charge in [-0.25, -0.2) is 4.79 Å². The molecule has 6 nitrogen and oxygen atoms in total. The smallest absolute Gasteiger partial charge is 0.337 e. The van der Waals surface area contributed by atoms with Crippen molar-refractivity contribution in [2.75, 3.05) is 13.7 Å². The summed E-state index contributed by atoms with van der Waals surface area (Å²) in [6, 6.07) is 7.59. The zero-order valence-corrected chi connectivity index (χ0v) is 12.3. The van der Waals surface area contributed by atoms with Crippen molar-refractivity contribution >= 4 is 11.9 Å². The molecule has 0 saturated heterocycles. The fourth-order valence-corrected chi connectivity index (χ4v) is 1.68. The maximum atomic E-state index is 11.6. The van der Waals surface area contributed by atoms with Gasteiger partial charge in [-0.1, -0.05) is 12.1 Å². The molecule has 0 aliphatic heterocycles. The van der Waals surface area contributed by atoms with Gasteiger partial charge in [0, 0.05) is 6.42 Å². The van der Waals surface area contributed by atoms with Crippen LogP contribution in [0, 0.1) is 0 Å². The summed E-state index contributed by atoms with van der Waals surface area (Å²) in [5.41, 5.74) is -0.841. The topological polar surface area (TPSA) is 95.9 Å². The second-order valence-corrected chi connectivity index (χ2v) is 5.06. The number of ether oxygens (including phenoxy) is 1. The highest BCUT2D eigenvalue weighted by Gasteiger charge is 2.30. The van der Waals surface area contributed by atoms with Crippen LogP contribution in [-0.4, -0.2) is 41.3 Å². The van der Waals surface area contributed by atoms with Gasteiger partial charge in [0.2, 0.25) is 5.91 Å². The first-order chi connectivity index (χ1) is 9.85. The van der Waals surface area contributed by atoms with Crippen LogP contribution in [0.25, 0.3) is 0 Å². The Balaban J connectivity index is 2.28. The third-order valence-electron chi connectivity index (χ3n) is 3.12. The third-order valence-corrected chi connectivity index (χ3v) is 3.12. The van der Waals surface area contributed by atoms with Gasteiger partial charge in [0.15, 0.2) is 5.60 Å². The Morgan fingerprint density at radius 3 is 2.43 bits per heavy atom. The molecule has 1 atom stereocenters. The van der Waals surface area contributed by atoms with E-state index in [2.05, 4.69) is 5.32 Å². The minimum atomic E-state index is -1.94. The normalized spacial score (nSPS) is 13.3. The SMILES string of the molecule is COc1ccc(CCCC(=O)NCC(C)(O)C(=O)O)cc1. The van der Waals surface area contributed by atoms with E-state index in [1.165, 1.54) is 0 Å². The van der Waals surface area contributed by atoms with E-state index in [0.717, 1.165) is 24.7 Å². The molecule has 0 heterocycles. The Morgan fingerprint density at radius 2 is 1.90 bits per heavy atom. The summed E-state index contributed by atoms with van der Waals surface area (Å²) >= 11 is 0. The number of carboxylic acids is 1. The maximum Gasteiger partial charge on any atom is 0.337 e. The zero-order valence-electron chi connectivity index (χ0n) is 12.3. The molecule has 0 saturated carbocycles. The zero-order chi connectivity index (χ0) is 15.9. The number of carbonyl (C=O) groups excluding carboxylic acids is 1. The Labute approximate surface area is 123 Å². The molecule has 0 spiro atoms. The highest BCUT2D eigenvalue weighted by Crippen LogP contribution is 2.13. The molecule has 0 radical (unpaired) electrons. The van der Waals surface area contributed by atoms with Crippen LogP contribution in [0.5, 0.6) is 5.75 Å². The van der Waals surface area contributed by atoms with Crippen molar-refractivity contribution in [1.29, 1.82) is 0 Å². The van der Waals surface area contributed by atoms with Crippen molar-refractivity contribution in [3.8, 4) is 5.75 Å². The molecule has 21 heavy (non-hydrogen) atoms. The first kappa shape index (κ1) is 17.0. The summed E-state index contributed by atoms with van der Waals surface area (Å²) in [7, 11) is 1.60. The second-order valence-electron chi connectivity index (χ2n) is 5.06. The van der Waals surface area contributed by atoms with E-state index in [9.17, 15) is 14.7 Å². The fourth-order valence-electron chi connectivity index (χ4n) is 1.68. The van der Waals surface area contributed by atoms with Crippen LogP contribution in [0.2, 0.25) is 0 Å². The monoisotopic (exact) mass is 295 g/mol. The Morgan fingerprint density at radius 1 is 1.29 bits per heavy atom. The number of rotatable bonds is 8. The van der Waals surface area contributed by atoms with E-state index in [1.807, 2.05) is 24.3 Å². The lowest BCUT2D eigenvalue weighted by Crippen LogP contribution is -2.46. The van der Waals surface area contributed by atoms with Gasteiger partial charge in [-0.3, -0.25) is 4.79 Å². The quantitative estimate of drug-likeness (QED) is 0.664. The molecular weight excluding hydrogens is 274 g/mol. The number of methoxy groups -OCH3 is 1. The lowest BCUT2D eigenvalue weighted by Gasteiger charge is -2.18. The molecule has 6 heteroatoms. The minimum Gasteiger partial charge on any atom is -0.497 e. The number of amides is 1. The van der Waals surface area contributed by atoms with Crippen molar-refractivity contribution in [3.05, 3.63) is 29.8 Å². The average molecular weight is 295 g/mol. The van der Waals surface area contributed by atoms with Crippen molar-refractivity contribution in [1.82, 2.24) is 5.32 Å². The van der Waals surface area contributed by atoms with Gasteiger partial charge in [-0.15, -0.1) is 0 Å². The second kappa shape index (κ2) is 7.64. The molecule has 116 valence electrons. The van der Waals surface area contributed by atoms with Crippen LogP contribution in [0.4, 0.5) is 0 Å². The van der Waals surface area contributed by atoms with Gasteiger partial charge in [0.1, 0.15) is 5.75 Å². The molecule has 0 aliphatic rings. The van der Waals surface area contributed by atoms with Crippen LogP contribution >= 0.6 is 0 Å². The number of carbonyl (C=O) groups is 2. The summed E-state index contributed by atoms with van der Waals surface area (Å²) in [5.74, 6) is -0.849. The Bertz CT molecular complexity index is 481. The molecule has 0 fully saturated rings. The van der Waals surface area contributed by atoms with Crippen molar-refractivity contribution < 1.29 is 24.5 Å². The maximum absolute atomic E-state index is 11.6. The van der Waals surface area contributed by atoms with Gasteiger partial charge < -0.3 is 20.3 Å². The van der Waals surface area contributed by atoms with Crippen molar-refractivity contribution in [2.45, 2.75) is 31.8 Å². The number of hydrogen-bond donors (Lipinski definition) is 3. The molecule has 0 aliphatic carbocycles. The van der Waals surface area contributed by atoms with Gasteiger partial charge >= 0.3 is 5.97 Å². The molecule has 1 unspecified atom stereocenters. The molecule has 0 bridgehead atoms.